The van der Waals surface area contributed by atoms with Crippen LogP contribution in [0.3, 0.4) is 0 Å². The number of ether oxygens (including phenoxy) is 1. The van der Waals surface area contributed by atoms with Gasteiger partial charge in [0.05, 0.1) is 18.4 Å². The van der Waals surface area contributed by atoms with E-state index in [0.29, 0.717) is 17.2 Å². The fraction of sp³-hybridized carbons (Fsp3) is 0.312. The van der Waals surface area contributed by atoms with Gasteiger partial charge in [-0.2, -0.15) is 0 Å². The van der Waals surface area contributed by atoms with E-state index < -0.39 is 11.4 Å². The standard InChI is InChI=1S/C16H15ClFNO2/c1-16(20,12-6-14(18)9-19-8-12)7-11-5-13(17)4-10-2-3-21-15(10)11/h4-6,8-9,20H,2-3,7H2,1H3. The summed E-state index contributed by atoms with van der Waals surface area (Å²) in [5, 5.41) is 11.3. The van der Waals surface area contributed by atoms with Crippen LogP contribution >= 0.6 is 11.6 Å². The maximum Gasteiger partial charge on any atom is 0.141 e. The largest absolute Gasteiger partial charge is 0.493 e. The van der Waals surface area contributed by atoms with Crippen LogP contribution < -0.4 is 4.74 Å². The first-order valence-electron chi connectivity index (χ1n) is 6.73. The molecule has 1 aliphatic heterocycles. The van der Waals surface area contributed by atoms with Gasteiger partial charge in [-0.25, -0.2) is 4.39 Å². The second kappa shape index (κ2) is 5.28. The number of aromatic nitrogens is 1. The third kappa shape index (κ3) is 2.87. The van der Waals surface area contributed by atoms with Crippen LogP contribution in [0.2, 0.25) is 5.02 Å². The number of aliphatic hydroxyl groups is 1. The van der Waals surface area contributed by atoms with E-state index >= 15 is 0 Å². The van der Waals surface area contributed by atoms with E-state index in [-0.39, 0.29) is 6.42 Å². The van der Waals surface area contributed by atoms with Gasteiger partial charge >= 0.3 is 0 Å². The summed E-state index contributed by atoms with van der Waals surface area (Å²) in [6, 6.07) is 4.96. The van der Waals surface area contributed by atoms with E-state index in [9.17, 15) is 9.50 Å². The van der Waals surface area contributed by atoms with E-state index in [1.54, 1.807) is 13.0 Å². The zero-order chi connectivity index (χ0) is 15.0. The van der Waals surface area contributed by atoms with Crippen LogP contribution in [0.5, 0.6) is 5.75 Å². The first-order valence-corrected chi connectivity index (χ1v) is 7.11. The number of rotatable bonds is 3. The Kier molecular flexibility index (Phi) is 3.59. The maximum atomic E-state index is 13.3. The Balaban J connectivity index is 1.96. The molecule has 0 amide bonds. The Bertz CT molecular complexity index is 688. The van der Waals surface area contributed by atoms with E-state index in [2.05, 4.69) is 4.98 Å². The Morgan fingerprint density at radius 2 is 2.19 bits per heavy atom. The molecule has 5 heteroatoms. The first kappa shape index (κ1) is 14.3. The number of pyridine rings is 1. The van der Waals surface area contributed by atoms with Crippen molar-refractivity contribution in [3.63, 3.8) is 0 Å². The smallest absolute Gasteiger partial charge is 0.141 e. The monoisotopic (exact) mass is 307 g/mol. The molecule has 2 heterocycles. The molecule has 3 nitrogen and oxygen atoms in total. The predicted molar refractivity (Wildman–Crippen MR) is 78.1 cm³/mol. The molecule has 1 unspecified atom stereocenters. The first-order chi connectivity index (χ1) is 9.95. The molecular weight excluding hydrogens is 293 g/mol. The van der Waals surface area contributed by atoms with Crippen molar-refractivity contribution >= 4 is 11.6 Å². The Morgan fingerprint density at radius 3 is 2.95 bits per heavy atom. The summed E-state index contributed by atoms with van der Waals surface area (Å²) < 4.78 is 18.9. The molecule has 0 radical (unpaired) electrons. The molecule has 1 aromatic carbocycles. The van der Waals surface area contributed by atoms with Gasteiger partial charge in [0.2, 0.25) is 0 Å². The highest BCUT2D eigenvalue weighted by molar-refractivity contribution is 6.30. The maximum absolute atomic E-state index is 13.3. The third-order valence-electron chi connectivity index (χ3n) is 3.69. The summed E-state index contributed by atoms with van der Waals surface area (Å²) in [5.41, 5.74) is 1.05. The van der Waals surface area contributed by atoms with E-state index in [0.717, 1.165) is 29.5 Å². The molecule has 0 bridgehead atoms. The van der Waals surface area contributed by atoms with E-state index in [1.807, 2.05) is 6.07 Å². The van der Waals surface area contributed by atoms with Crippen molar-refractivity contribution < 1.29 is 14.2 Å². The molecule has 3 rings (SSSR count). The van der Waals surface area contributed by atoms with Gasteiger partial charge in [0.15, 0.2) is 0 Å². The molecule has 1 atom stereocenters. The molecule has 1 N–H and O–H groups in total. The highest BCUT2D eigenvalue weighted by Crippen LogP contribution is 2.36. The van der Waals surface area contributed by atoms with Crippen molar-refractivity contribution in [3.05, 3.63) is 58.1 Å². The molecule has 1 aromatic heterocycles. The molecular formula is C16H15ClFNO2. The molecule has 110 valence electrons. The lowest BCUT2D eigenvalue weighted by Gasteiger charge is -2.24. The predicted octanol–water partition coefficient (Wildman–Crippen LogP) is 3.26. The minimum absolute atomic E-state index is 0.279. The summed E-state index contributed by atoms with van der Waals surface area (Å²) in [7, 11) is 0. The van der Waals surface area contributed by atoms with Crippen molar-refractivity contribution in [2.45, 2.75) is 25.4 Å². The summed E-state index contributed by atoms with van der Waals surface area (Å²) in [6.45, 7) is 2.25. The fourth-order valence-electron chi connectivity index (χ4n) is 2.66. The molecule has 0 aliphatic carbocycles. The van der Waals surface area contributed by atoms with Crippen molar-refractivity contribution in [2.75, 3.05) is 6.61 Å². The lowest BCUT2D eigenvalue weighted by atomic mass is 9.89. The van der Waals surface area contributed by atoms with Crippen LogP contribution in [0.4, 0.5) is 4.39 Å². The zero-order valence-electron chi connectivity index (χ0n) is 11.6. The number of nitrogens with zero attached hydrogens (tertiary/aromatic N) is 1. The van der Waals surface area contributed by atoms with Gasteiger partial charge in [0, 0.05) is 29.6 Å². The van der Waals surface area contributed by atoms with Crippen molar-refractivity contribution in [1.82, 2.24) is 4.98 Å². The minimum Gasteiger partial charge on any atom is -0.493 e. The zero-order valence-corrected chi connectivity index (χ0v) is 12.3. The van der Waals surface area contributed by atoms with Gasteiger partial charge in [-0.3, -0.25) is 4.98 Å². The summed E-state index contributed by atoms with van der Waals surface area (Å²) in [4.78, 5) is 3.79. The molecule has 0 saturated carbocycles. The minimum atomic E-state index is -1.25. The van der Waals surface area contributed by atoms with Crippen LogP contribution in [0.15, 0.2) is 30.6 Å². The Hall–Kier alpha value is -1.65. The second-order valence-electron chi connectivity index (χ2n) is 5.49. The number of hydrogen-bond donors (Lipinski definition) is 1. The number of fused-ring (bicyclic) bond motifs is 1. The highest BCUT2D eigenvalue weighted by Gasteiger charge is 2.28. The van der Waals surface area contributed by atoms with Crippen LogP contribution in [-0.2, 0) is 18.4 Å². The van der Waals surface area contributed by atoms with Crippen molar-refractivity contribution in [2.24, 2.45) is 0 Å². The van der Waals surface area contributed by atoms with Crippen LogP contribution in [0, 0.1) is 5.82 Å². The third-order valence-corrected chi connectivity index (χ3v) is 3.91. The molecule has 0 saturated heterocycles. The van der Waals surface area contributed by atoms with Gasteiger partial charge in [0.1, 0.15) is 11.6 Å². The van der Waals surface area contributed by atoms with Crippen molar-refractivity contribution in [3.8, 4) is 5.75 Å². The Labute approximate surface area is 127 Å². The van der Waals surface area contributed by atoms with Gasteiger partial charge in [-0.1, -0.05) is 11.6 Å². The lowest BCUT2D eigenvalue weighted by molar-refractivity contribution is 0.0562. The number of benzene rings is 1. The summed E-state index contributed by atoms with van der Waals surface area (Å²) >= 11 is 6.12. The van der Waals surface area contributed by atoms with Gasteiger partial charge in [-0.05, 0) is 36.2 Å². The van der Waals surface area contributed by atoms with Crippen molar-refractivity contribution in [1.29, 1.82) is 0 Å². The average molecular weight is 308 g/mol. The molecule has 1 aliphatic rings. The molecule has 0 fully saturated rings. The van der Waals surface area contributed by atoms with Gasteiger partial charge < -0.3 is 9.84 Å². The Morgan fingerprint density at radius 1 is 1.38 bits per heavy atom. The summed E-state index contributed by atoms with van der Waals surface area (Å²) in [5.74, 6) is 0.310. The average Bonchev–Trinajstić information content (AvgIpc) is 2.86. The topological polar surface area (TPSA) is 42.4 Å². The number of hydrogen-bond acceptors (Lipinski definition) is 3. The van der Waals surface area contributed by atoms with Crippen LogP contribution in [0.25, 0.3) is 0 Å². The highest BCUT2D eigenvalue weighted by atomic mass is 35.5. The molecule has 2 aromatic rings. The van der Waals surface area contributed by atoms with E-state index in [4.69, 9.17) is 16.3 Å². The molecule has 0 spiro atoms. The normalized spacial score (nSPS) is 16.2. The second-order valence-corrected chi connectivity index (χ2v) is 5.93. The van der Waals surface area contributed by atoms with Gasteiger partial charge in [-0.15, -0.1) is 0 Å². The molecule has 21 heavy (non-hydrogen) atoms. The van der Waals surface area contributed by atoms with Crippen LogP contribution in [-0.4, -0.2) is 16.7 Å². The SMILES string of the molecule is CC(O)(Cc1cc(Cl)cc2c1OCC2)c1cncc(F)c1. The fourth-order valence-corrected chi connectivity index (χ4v) is 2.92. The lowest BCUT2D eigenvalue weighted by Crippen LogP contribution is -2.25. The van der Waals surface area contributed by atoms with E-state index in [1.165, 1.54) is 12.3 Å². The summed E-state index contributed by atoms with van der Waals surface area (Å²) in [6.07, 6.45) is 3.67. The van der Waals surface area contributed by atoms with Gasteiger partial charge in [0.25, 0.3) is 0 Å². The van der Waals surface area contributed by atoms with Crippen LogP contribution in [0.1, 0.15) is 23.6 Å². The quantitative estimate of drug-likeness (QED) is 0.946. The number of halogens is 2.